The van der Waals surface area contributed by atoms with Gasteiger partial charge >= 0.3 is 0 Å². The topological polar surface area (TPSA) is 12.5 Å². The number of fused-ring (bicyclic) bond motifs is 3. The fourth-order valence-electron chi connectivity index (χ4n) is 3.96. The molecule has 4 rings (SSSR count). The zero-order chi connectivity index (χ0) is 11.5. The third-order valence-electron chi connectivity index (χ3n) is 5.18. The van der Waals surface area contributed by atoms with Crippen molar-refractivity contribution in [1.29, 1.82) is 0 Å². The first-order chi connectivity index (χ1) is 8.42. The van der Waals surface area contributed by atoms with Crippen molar-refractivity contribution in [3.05, 3.63) is 0 Å². The number of piperidine rings is 3. The molecular weight excluding hydrogens is 210 g/mol. The first-order valence-corrected chi connectivity index (χ1v) is 7.76. The van der Waals surface area contributed by atoms with Gasteiger partial charge in [0, 0.05) is 13.2 Å². The van der Waals surface area contributed by atoms with Gasteiger partial charge in [0.05, 0.1) is 6.10 Å². The van der Waals surface area contributed by atoms with Crippen LogP contribution in [0.1, 0.15) is 51.4 Å². The van der Waals surface area contributed by atoms with Gasteiger partial charge in [0.2, 0.25) is 0 Å². The van der Waals surface area contributed by atoms with E-state index in [0.717, 1.165) is 18.4 Å². The second-order valence-electron chi connectivity index (χ2n) is 6.34. The smallest absolute Gasteiger partial charge is 0.0731 e. The Bertz CT molecular complexity index is 229. The Morgan fingerprint density at radius 1 is 0.941 bits per heavy atom. The Balaban J connectivity index is 1.36. The van der Waals surface area contributed by atoms with Crippen LogP contribution >= 0.6 is 0 Å². The SMILES string of the molecule is C1CCC(CCOC2CN3CCC2CC3)CC1. The van der Waals surface area contributed by atoms with E-state index in [0.29, 0.717) is 6.10 Å². The van der Waals surface area contributed by atoms with Crippen molar-refractivity contribution < 1.29 is 4.74 Å². The molecule has 0 N–H and O–H groups in total. The van der Waals surface area contributed by atoms with Crippen molar-refractivity contribution in [2.75, 3.05) is 26.2 Å². The van der Waals surface area contributed by atoms with E-state index < -0.39 is 0 Å². The fraction of sp³-hybridized carbons (Fsp3) is 1.00. The van der Waals surface area contributed by atoms with Gasteiger partial charge in [0.15, 0.2) is 0 Å². The molecule has 1 saturated carbocycles. The van der Waals surface area contributed by atoms with Crippen LogP contribution in [0.5, 0.6) is 0 Å². The maximum Gasteiger partial charge on any atom is 0.0731 e. The summed E-state index contributed by atoms with van der Waals surface area (Å²) in [5, 5.41) is 0. The molecule has 2 bridgehead atoms. The molecule has 4 aliphatic rings. The molecule has 3 heterocycles. The van der Waals surface area contributed by atoms with E-state index in [2.05, 4.69) is 4.90 Å². The molecule has 1 atom stereocenters. The summed E-state index contributed by atoms with van der Waals surface area (Å²) in [5.74, 6) is 1.86. The highest BCUT2D eigenvalue weighted by Gasteiger charge is 2.34. The Labute approximate surface area is 106 Å². The molecule has 98 valence electrons. The minimum atomic E-state index is 0.570. The van der Waals surface area contributed by atoms with Crippen LogP contribution < -0.4 is 0 Å². The average Bonchev–Trinajstić information content (AvgIpc) is 2.41. The molecule has 0 aromatic carbocycles. The van der Waals surface area contributed by atoms with E-state index in [1.165, 1.54) is 71.0 Å². The summed E-state index contributed by atoms with van der Waals surface area (Å²) >= 11 is 0. The lowest BCUT2D eigenvalue weighted by atomic mass is 9.85. The van der Waals surface area contributed by atoms with Crippen molar-refractivity contribution in [1.82, 2.24) is 4.90 Å². The van der Waals surface area contributed by atoms with Gasteiger partial charge in [-0.1, -0.05) is 32.1 Å². The summed E-state index contributed by atoms with van der Waals surface area (Å²) < 4.78 is 6.18. The van der Waals surface area contributed by atoms with Crippen LogP contribution in [0.25, 0.3) is 0 Å². The minimum Gasteiger partial charge on any atom is -0.377 e. The van der Waals surface area contributed by atoms with Crippen molar-refractivity contribution >= 4 is 0 Å². The predicted molar refractivity (Wildman–Crippen MR) is 70.1 cm³/mol. The summed E-state index contributed by atoms with van der Waals surface area (Å²) in [4.78, 5) is 2.59. The number of ether oxygens (including phenoxy) is 1. The maximum atomic E-state index is 6.18. The first kappa shape index (κ1) is 12.0. The van der Waals surface area contributed by atoms with Crippen LogP contribution in [-0.4, -0.2) is 37.2 Å². The van der Waals surface area contributed by atoms with E-state index in [1.807, 2.05) is 0 Å². The molecule has 0 aromatic heterocycles. The Hall–Kier alpha value is -0.0800. The van der Waals surface area contributed by atoms with Crippen molar-refractivity contribution in [2.24, 2.45) is 11.8 Å². The standard InChI is InChI=1S/C15H27NO/c1-2-4-13(5-3-1)8-11-17-15-12-16-9-6-14(15)7-10-16/h13-15H,1-12H2. The lowest BCUT2D eigenvalue weighted by Gasteiger charge is -2.44. The van der Waals surface area contributed by atoms with Crippen molar-refractivity contribution in [3.63, 3.8) is 0 Å². The lowest BCUT2D eigenvalue weighted by molar-refractivity contribution is -0.0728. The lowest BCUT2D eigenvalue weighted by Crippen LogP contribution is -2.51. The minimum absolute atomic E-state index is 0.570. The molecule has 2 heteroatoms. The zero-order valence-electron chi connectivity index (χ0n) is 11.1. The summed E-state index contributed by atoms with van der Waals surface area (Å²) in [7, 11) is 0. The highest BCUT2D eigenvalue weighted by molar-refractivity contribution is 4.87. The van der Waals surface area contributed by atoms with E-state index in [1.54, 1.807) is 0 Å². The van der Waals surface area contributed by atoms with Crippen molar-refractivity contribution in [2.45, 2.75) is 57.5 Å². The molecule has 0 aromatic rings. The molecule has 0 spiro atoms. The summed E-state index contributed by atoms with van der Waals surface area (Å²) in [6, 6.07) is 0. The molecular formula is C15H27NO. The fourth-order valence-corrected chi connectivity index (χ4v) is 3.96. The monoisotopic (exact) mass is 237 g/mol. The molecule has 3 saturated heterocycles. The molecule has 17 heavy (non-hydrogen) atoms. The molecule has 3 aliphatic heterocycles. The summed E-state index contributed by atoms with van der Waals surface area (Å²) in [6.45, 7) is 4.90. The molecule has 1 unspecified atom stereocenters. The summed E-state index contributed by atoms with van der Waals surface area (Å²) in [5.41, 5.74) is 0. The average molecular weight is 237 g/mol. The molecule has 4 fully saturated rings. The third kappa shape index (κ3) is 3.03. The number of nitrogens with zero attached hydrogens (tertiary/aromatic N) is 1. The van der Waals surface area contributed by atoms with Crippen LogP contribution in [0.2, 0.25) is 0 Å². The van der Waals surface area contributed by atoms with Crippen molar-refractivity contribution in [3.8, 4) is 0 Å². The number of hydrogen-bond acceptors (Lipinski definition) is 2. The zero-order valence-corrected chi connectivity index (χ0v) is 11.1. The van der Waals surface area contributed by atoms with E-state index in [4.69, 9.17) is 4.74 Å². The van der Waals surface area contributed by atoms with Crippen LogP contribution in [0.4, 0.5) is 0 Å². The second kappa shape index (κ2) is 5.71. The summed E-state index contributed by atoms with van der Waals surface area (Å²) in [6.07, 6.45) is 12.0. The van der Waals surface area contributed by atoms with Gasteiger partial charge in [0.25, 0.3) is 0 Å². The highest BCUT2D eigenvalue weighted by atomic mass is 16.5. The molecule has 2 nitrogen and oxygen atoms in total. The van der Waals surface area contributed by atoms with Gasteiger partial charge in [0.1, 0.15) is 0 Å². The Morgan fingerprint density at radius 2 is 1.71 bits per heavy atom. The second-order valence-corrected chi connectivity index (χ2v) is 6.34. The quantitative estimate of drug-likeness (QED) is 0.745. The maximum absolute atomic E-state index is 6.18. The van der Waals surface area contributed by atoms with Crippen LogP contribution in [0.3, 0.4) is 0 Å². The number of hydrogen-bond donors (Lipinski definition) is 0. The number of rotatable bonds is 4. The van der Waals surface area contributed by atoms with E-state index in [-0.39, 0.29) is 0 Å². The van der Waals surface area contributed by atoms with Crippen LogP contribution in [-0.2, 0) is 4.74 Å². The largest absolute Gasteiger partial charge is 0.377 e. The van der Waals surface area contributed by atoms with Gasteiger partial charge < -0.3 is 9.64 Å². The van der Waals surface area contributed by atoms with Gasteiger partial charge in [-0.3, -0.25) is 0 Å². The van der Waals surface area contributed by atoms with Crippen LogP contribution in [0, 0.1) is 11.8 Å². The Kier molecular flexibility index (Phi) is 4.02. The van der Waals surface area contributed by atoms with Gasteiger partial charge in [-0.25, -0.2) is 0 Å². The van der Waals surface area contributed by atoms with Gasteiger partial charge in [-0.05, 0) is 44.2 Å². The molecule has 0 radical (unpaired) electrons. The third-order valence-corrected chi connectivity index (χ3v) is 5.18. The van der Waals surface area contributed by atoms with E-state index in [9.17, 15) is 0 Å². The van der Waals surface area contributed by atoms with Gasteiger partial charge in [-0.15, -0.1) is 0 Å². The first-order valence-electron chi connectivity index (χ1n) is 7.76. The molecule has 0 amide bonds. The van der Waals surface area contributed by atoms with E-state index >= 15 is 0 Å². The predicted octanol–water partition coefficient (Wildman–Crippen LogP) is 3.07. The van der Waals surface area contributed by atoms with Gasteiger partial charge in [-0.2, -0.15) is 0 Å². The van der Waals surface area contributed by atoms with Crippen LogP contribution in [0.15, 0.2) is 0 Å². The molecule has 1 aliphatic carbocycles. The Morgan fingerprint density at radius 3 is 2.35 bits per heavy atom. The normalized spacial score (nSPS) is 38.5. The highest BCUT2D eigenvalue weighted by Crippen LogP contribution is 2.31.